The van der Waals surface area contributed by atoms with Crippen LogP contribution in [0.15, 0.2) is 36.4 Å². The maximum absolute atomic E-state index is 5.89. The SMILES string of the molecule is CCCN(c1cccc(C)c1OCOC)c1cccc(C)c1OCOC. The zero-order valence-electron chi connectivity index (χ0n) is 16.4. The minimum atomic E-state index is 0.207. The Morgan fingerprint density at radius 2 is 1.23 bits per heavy atom. The van der Waals surface area contributed by atoms with Gasteiger partial charge in [0.05, 0.1) is 11.4 Å². The molecular weight excluding hydrogens is 330 g/mol. The van der Waals surface area contributed by atoms with Crippen LogP contribution in [-0.4, -0.2) is 34.4 Å². The average molecular weight is 359 g/mol. The number of aryl methyl sites for hydroxylation is 2. The molecule has 0 aliphatic rings. The van der Waals surface area contributed by atoms with Gasteiger partial charge in [0.1, 0.15) is 11.5 Å². The number of methoxy groups -OCH3 is 2. The van der Waals surface area contributed by atoms with E-state index in [4.69, 9.17) is 18.9 Å². The van der Waals surface area contributed by atoms with Crippen molar-refractivity contribution in [3.63, 3.8) is 0 Å². The van der Waals surface area contributed by atoms with E-state index < -0.39 is 0 Å². The highest BCUT2D eigenvalue weighted by molar-refractivity contribution is 5.75. The Bertz CT molecular complexity index is 645. The van der Waals surface area contributed by atoms with Gasteiger partial charge in [0.15, 0.2) is 13.6 Å². The number of anilines is 2. The Balaban J connectivity index is 2.54. The Morgan fingerprint density at radius 1 is 0.769 bits per heavy atom. The molecule has 0 bridgehead atoms. The second-order valence-electron chi connectivity index (χ2n) is 6.10. The van der Waals surface area contributed by atoms with E-state index in [2.05, 4.69) is 24.0 Å². The highest BCUT2D eigenvalue weighted by Gasteiger charge is 2.20. The van der Waals surface area contributed by atoms with Crippen molar-refractivity contribution in [3.05, 3.63) is 47.5 Å². The predicted molar refractivity (Wildman–Crippen MR) is 105 cm³/mol. The van der Waals surface area contributed by atoms with Crippen molar-refractivity contribution in [2.45, 2.75) is 27.2 Å². The third kappa shape index (κ3) is 4.68. The minimum absolute atomic E-state index is 0.207. The van der Waals surface area contributed by atoms with Crippen LogP contribution in [0.1, 0.15) is 24.5 Å². The molecule has 0 aliphatic carbocycles. The first-order valence-electron chi connectivity index (χ1n) is 8.84. The molecule has 5 nitrogen and oxygen atoms in total. The highest BCUT2D eigenvalue weighted by atomic mass is 16.7. The van der Waals surface area contributed by atoms with E-state index in [0.717, 1.165) is 47.0 Å². The lowest BCUT2D eigenvalue weighted by molar-refractivity contribution is 0.0505. The van der Waals surface area contributed by atoms with Crippen LogP contribution in [-0.2, 0) is 9.47 Å². The van der Waals surface area contributed by atoms with Gasteiger partial charge in [0, 0.05) is 20.8 Å². The third-order valence-corrected chi connectivity index (χ3v) is 4.05. The van der Waals surface area contributed by atoms with Gasteiger partial charge in [-0.25, -0.2) is 0 Å². The third-order valence-electron chi connectivity index (χ3n) is 4.05. The normalized spacial score (nSPS) is 10.7. The number of nitrogens with zero attached hydrogens (tertiary/aromatic N) is 1. The number of rotatable bonds is 10. The fraction of sp³-hybridized carbons (Fsp3) is 0.429. The molecule has 2 aromatic rings. The largest absolute Gasteiger partial charge is 0.465 e. The van der Waals surface area contributed by atoms with Crippen LogP contribution >= 0.6 is 0 Å². The first-order chi connectivity index (χ1) is 12.6. The number of benzene rings is 2. The Morgan fingerprint density at radius 3 is 1.62 bits per heavy atom. The maximum atomic E-state index is 5.89. The van der Waals surface area contributed by atoms with E-state index in [9.17, 15) is 0 Å². The van der Waals surface area contributed by atoms with Gasteiger partial charge in [-0.3, -0.25) is 0 Å². The van der Waals surface area contributed by atoms with Gasteiger partial charge in [-0.05, 0) is 43.5 Å². The van der Waals surface area contributed by atoms with Gasteiger partial charge < -0.3 is 23.8 Å². The van der Waals surface area contributed by atoms with Gasteiger partial charge in [0.2, 0.25) is 0 Å². The molecule has 0 fully saturated rings. The van der Waals surface area contributed by atoms with Crippen LogP contribution in [0, 0.1) is 13.8 Å². The van der Waals surface area contributed by atoms with Gasteiger partial charge in [-0.2, -0.15) is 0 Å². The molecule has 0 unspecified atom stereocenters. The molecule has 5 heteroatoms. The zero-order chi connectivity index (χ0) is 18.9. The monoisotopic (exact) mass is 359 g/mol. The molecule has 0 amide bonds. The lowest BCUT2D eigenvalue weighted by atomic mass is 10.1. The van der Waals surface area contributed by atoms with E-state index in [1.165, 1.54) is 0 Å². The van der Waals surface area contributed by atoms with Crippen LogP contribution in [0.5, 0.6) is 11.5 Å². The summed E-state index contributed by atoms with van der Waals surface area (Å²) in [6.45, 7) is 7.48. The van der Waals surface area contributed by atoms with Crippen molar-refractivity contribution in [2.24, 2.45) is 0 Å². The summed E-state index contributed by atoms with van der Waals surface area (Å²) in [4.78, 5) is 2.23. The molecule has 0 radical (unpaired) electrons. The van der Waals surface area contributed by atoms with Crippen molar-refractivity contribution in [2.75, 3.05) is 39.3 Å². The van der Waals surface area contributed by atoms with E-state index in [-0.39, 0.29) is 13.6 Å². The van der Waals surface area contributed by atoms with Crippen LogP contribution in [0.25, 0.3) is 0 Å². The van der Waals surface area contributed by atoms with Crippen molar-refractivity contribution >= 4 is 11.4 Å². The van der Waals surface area contributed by atoms with Gasteiger partial charge in [0.25, 0.3) is 0 Å². The molecule has 0 spiro atoms. The van der Waals surface area contributed by atoms with Crippen LogP contribution in [0.2, 0.25) is 0 Å². The zero-order valence-corrected chi connectivity index (χ0v) is 16.4. The summed E-state index contributed by atoms with van der Waals surface area (Å²) in [6.07, 6.45) is 0.981. The molecule has 0 N–H and O–H groups in total. The summed E-state index contributed by atoms with van der Waals surface area (Å²) in [5, 5.41) is 0. The van der Waals surface area contributed by atoms with Gasteiger partial charge in [-0.1, -0.05) is 31.2 Å². The lowest BCUT2D eigenvalue weighted by Gasteiger charge is -2.29. The number of para-hydroxylation sites is 2. The first kappa shape index (κ1) is 20.1. The molecule has 0 saturated carbocycles. The Hall–Kier alpha value is -2.24. The first-order valence-corrected chi connectivity index (χ1v) is 8.84. The molecule has 2 aromatic carbocycles. The van der Waals surface area contributed by atoms with Gasteiger partial charge >= 0.3 is 0 Å². The van der Waals surface area contributed by atoms with Crippen LogP contribution in [0.4, 0.5) is 11.4 Å². The molecule has 0 aromatic heterocycles. The molecule has 142 valence electrons. The smallest absolute Gasteiger partial charge is 0.188 e. The molecule has 0 aliphatic heterocycles. The van der Waals surface area contributed by atoms with Gasteiger partial charge in [-0.15, -0.1) is 0 Å². The van der Waals surface area contributed by atoms with E-state index in [1.807, 2.05) is 38.1 Å². The van der Waals surface area contributed by atoms with Crippen molar-refractivity contribution in [3.8, 4) is 11.5 Å². The topological polar surface area (TPSA) is 40.2 Å². The number of hydrogen-bond donors (Lipinski definition) is 0. The Kier molecular flexibility index (Phi) is 7.75. The lowest BCUT2D eigenvalue weighted by Crippen LogP contribution is -2.21. The summed E-state index contributed by atoms with van der Waals surface area (Å²) in [5.74, 6) is 1.64. The summed E-state index contributed by atoms with van der Waals surface area (Å²) < 4.78 is 22.0. The summed E-state index contributed by atoms with van der Waals surface area (Å²) in [6, 6.07) is 12.3. The second-order valence-corrected chi connectivity index (χ2v) is 6.10. The Labute approximate surface area is 156 Å². The van der Waals surface area contributed by atoms with Crippen molar-refractivity contribution in [1.82, 2.24) is 0 Å². The summed E-state index contributed by atoms with van der Waals surface area (Å²) in [7, 11) is 3.25. The highest BCUT2D eigenvalue weighted by Crippen LogP contribution is 2.41. The minimum Gasteiger partial charge on any atom is -0.465 e. The predicted octanol–water partition coefficient (Wildman–Crippen LogP) is 4.82. The fourth-order valence-electron chi connectivity index (χ4n) is 2.90. The molecular formula is C21H29NO4. The van der Waals surface area contributed by atoms with E-state index >= 15 is 0 Å². The fourth-order valence-corrected chi connectivity index (χ4v) is 2.90. The summed E-state index contributed by atoms with van der Waals surface area (Å²) >= 11 is 0. The van der Waals surface area contributed by atoms with Crippen molar-refractivity contribution < 1.29 is 18.9 Å². The van der Waals surface area contributed by atoms with Crippen molar-refractivity contribution in [1.29, 1.82) is 0 Å². The van der Waals surface area contributed by atoms with Crippen LogP contribution < -0.4 is 14.4 Å². The molecule has 26 heavy (non-hydrogen) atoms. The molecule has 0 atom stereocenters. The molecule has 0 saturated heterocycles. The number of ether oxygens (including phenoxy) is 4. The van der Waals surface area contributed by atoms with E-state index in [0.29, 0.717) is 0 Å². The van der Waals surface area contributed by atoms with E-state index in [1.54, 1.807) is 14.2 Å². The standard InChI is InChI=1S/C21H29NO4/c1-6-13-22(18-11-7-9-16(2)20(18)25-14-23-4)19-12-8-10-17(3)21(19)26-15-24-5/h7-12H,6,13-15H2,1-5H3. The molecule has 2 rings (SSSR count). The summed E-state index contributed by atoms with van der Waals surface area (Å²) in [5.41, 5.74) is 4.12. The maximum Gasteiger partial charge on any atom is 0.188 e. The second kappa shape index (κ2) is 10.0. The number of hydrogen-bond acceptors (Lipinski definition) is 5. The van der Waals surface area contributed by atoms with Crippen LogP contribution in [0.3, 0.4) is 0 Å². The quantitative estimate of drug-likeness (QED) is 0.569. The molecule has 0 heterocycles. The average Bonchev–Trinajstić information content (AvgIpc) is 2.64.